The van der Waals surface area contributed by atoms with Gasteiger partial charge in [0.1, 0.15) is 13.2 Å². The first-order chi connectivity index (χ1) is 45.0. The number of nitrogens with zero attached hydrogens (tertiary/aromatic N) is 1. The molecule has 8 nitrogen and oxygen atoms in total. The Morgan fingerprint density at radius 2 is 0.674 bits per heavy atom. The van der Waals surface area contributed by atoms with Crippen LogP contribution in [0.15, 0.2) is 72.9 Å². The predicted molar refractivity (Wildman–Crippen MR) is 404 cm³/mol. The summed E-state index contributed by atoms with van der Waals surface area (Å²) in [5.41, 5.74) is 0. The van der Waals surface area contributed by atoms with Gasteiger partial charge in [0.05, 0.1) is 39.9 Å². The summed E-state index contributed by atoms with van der Waals surface area (Å²) in [6, 6.07) is -0.906. The first-order valence-electron chi connectivity index (χ1n) is 40.3. The fourth-order valence-electron chi connectivity index (χ4n) is 12.2. The van der Waals surface area contributed by atoms with E-state index in [-0.39, 0.29) is 12.5 Å². The summed E-state index contributed by atoms with van der Waals surface area (Å²) in [5, 5.41) is 14.0. The number of carbonyl (C=O) groups is 1. The van der Waals surface area contributed by atoms with Gasteiger partial charge in [-0.15, -0.1) is 0 Å². The van der Waals surface area contributed by atoms with E-state index in [1.165, 1.54) is 315 Å². The topological polar surface area (TPSA) is 108 Å². The van der Waals surface area contributed by atoms with Gasteiger partial charge >= 0.3 is 0 Å². The van der Waals surface area contributed by atoms with Crippen molar-refractivity contribution in [3.63, 3.8) is 0 Å². The number of quaternary nitrogens is 1. The van der Waals surface area contributed by atoms with E-state index in [0.29, 0.717) is 17.4 Å². The van der Waals surface area contributed by atoms with E-state index >= 15 is 0 Å². The van der Waals surface area contributed by atoms with Crippen LogP contribution in [0.1, 0.15) is 399 Å². The zero-order valence-electron chi connectivity index (χ0n) is 62.0. The molecule has 0 fully saturated rings. The zero-order chi connectivity index (χ0) is 66.9. The molecule has 0 rings (SSSR count). The Labute approximate surface area is 574 Å². The van der Waals surface area contributed by atoms with Crippen LogP contribution in [0.3, 0.4) is 0 Å². The Hall–Kier alpha value is -2.06. The SMILES string of the molecule is CC/C=C\C/C=C\C/C=C\C/C=C\CCCCCCCCCCCCCCCCCCCCCCCCCCCCC(=O)NC(COP(=O)([O-])OCC[N+](C)(C)C)C(O)/C=C/CC/C=C/CCCCCCCCCCCCCCCCCCCCCCCCCCC. The largest absolute Gasteiger partial charge is 0.756 e. The molecular formula is C83H157N2O6P. The number of phosphoric acid groups is 1. The molecule has 0 aromatic rings. The maximum atomic E-state index is 13.1. The number of allylic oxidation sites excluding steroid dienone is 11. The average Bonchev–Trinajstić information content (AvgIpc) is 2.63. The van der Waals surface area contributed by atoms with Gasteiger partial charge in [0.25, 0.3) is 7.82 Å². The zero-order valence-corrected chi connectivity index (χ0v) is 62.9. The molecule has 0 heterocycles. The number of nitrogens with one attached hydrogen (secondary N) is 1. The number of carbonyl (C=O) groups excluding carboxylic acids is 1. The van der Waals surface area contributed by atoms with Gasteiger partial charge in [0.2, 0.25) is 5.91 Å². The molecule has 1 amide bonds. The van der Waals surface area contributed by atoms with E-state index in [4.69, 9.17) is 9.05 Å². The molecule has 0 aromatic carbocycles. The lowest BCUT2D eigenvalue weighted by atomic mass is 10.0. The van der Waals surface area contributed by atoms with Crippen LogP contribution in [-0.4, -0.2) is 68.5 Å². The molecule has 2 N–H and O–H groups in total. The number of phosphoric ester groups is 1. The quantitative estimate of drug-likeness (QED) is 0.0272. The van der Waals surface area contributed by atoms with E-state index in [1.54, 1.807) is 6.08 Å². The van der Waals surface area contributed by atoms with Gasteiger partial charge in [0, 0.05) is 6.42 Å². The maximum absolute atomic E-state index is 13.1. The van der Waals surface area contributed by atoms with Gasteiger partial charge in [-0.25, -0.2) is 0 Å². The summed E-state index contributed by atoms with van der Waals surface area (Å²) < 4.78 is 23.5. The minimum absolute atomic E-state index is 0.00553. The molecule has 540 valence electrons. The van der Waals surface area contributed by atoms with Crippen LogP contribution in [0.4, 0.5) is 0 Å². The van der Waals surface area contributed by atoms with Gasteiger partial charge < -0.3 is 28.8 Å². The van der Waals surface area contributed by atoms with Crippen molar-refractivity contribution in [3.8, 4) is 0 Å². The third-order valence-corrected chi connectivity index (χ3v) is 19.4. The van der Waals surface area contributed by atoms with Crippen molar-refractivity contribution in [1.82, 2.24) is 5.32 Å². The van der Waals surface area contributed by atoms with E-state index in [2.05, 4.69) is 79.9 Å². The van der Waals surface area contributed by atoms with Crippen molar-refractivity contribution in [2.45, 2.75) is 411 Å². The molecule has 0 bridgehead atoms. The van der Waals surface area contributed by atoms with Gasteiger partial charge in [-0.3, -0.25) is 9.36 Å². The minimum Gasteiger partial charge on any atom is -0.756 e. The van der Waals surface area contributed by atoms with Crippen LogP contribution in [0.25, 0.3) is 0 Å². The highest BCUT2D eigenvalue weighted by Gasteiger charge is 2.23. The van der Waals surface area contributed by atoms with Gasteiger partial charge in [-0.2, -0.15) is 0 Å². The number of aliphatic hydroxyl groups is 1. The first kappa shape index (κ1) is 89.9. The molecule has 9 heteroatoms. The van der Waals surface area contributed by atoms with Crippen molar-refractivity contribution < 1.29 is 32.9 Å². The molecule has 0 aliphatic heterocycles. The summed E-state index contributed by atoms with van der Waals surface area (Å²) in [7, 11) is 1.26. The van der Waals surface area contributed by atoms with Gasteiger partial charge in [0.15, 0.2) is 0 Å². The van der Waals surface area contributed by atoms with Crippen LogP contribution in [-0.2, 0) is 18.4 Å². The Balaban J connectivity index is 3.96. The molecule has 0 saturated heterocycles. The molecule has 0 radical (unpaired) electrons. The average molecular weight is 1310 g/mol. The normalized spacial score (nSPS) is 13.9. The molecule has 0 aliphatic carbocycles. The molecule has 0 saturated carbocycles. The summed E-state index contributed by atoms with van der Waals surface area (Å²) in [5.74, 6) is -0.200. The number of hydrogen-bond acceptors (Lipinski definition) is 6. The predicted octanol–water partition coefficient (Wildman–Crippen LogP) is 25.8. The molecular weight excluding hydrogens is 1150 g/mol. The van der Waals surface area contributed by atoms with Crippen LogP contribution in [0.5, 0.6) is 0 Å². The van der Waals surface area contributed by atoms with E-state index < -0.39 is 26.6 Å². The van der Waals surface area contributed by atoms with E-state index in [1.807, 2.05) is 27.2 Å². The number of likely N-dealkylation sites (N-methyl/N-ethyl adjacent to an activating group) is 1. The van der Waals surface area contributed by atoms with Crippen LogP contribution < -0.4 is 10.2 Å². The number of rotatable bonds is 75. The Kier molecular flexibility index (Phi) is 71.6. The molecule has 92 heavy (non-hydrogen) atoms. The fraction of sp³-hybridized carbons (Fsp3) is 0.843. The smallest absolute Gasteiger partial charge is 0.268 e. The van der Waals surface area contributed by atoms with Crippen molar-refractivity contribution >= 4 is 13.7 Å². The highest BCUT2D eigenvalue weighted by Crippen LogP contribution is 2.38. The first-order valence-corrected chi connectivity index (χ1v) is 41.8. The third-order valence-electron chi connectivity index (χ3n) is 18.4. The van der Waals surface area contributed by atoms with Crippen molar-refractivity contribution in [3.05, 3.63) is 72.9 Å². The van der Waals surface area contributed by atoms with Gasteiger partial charge in [-0.05, 0) is 70.6 Å². The minimum atomic E-state index is -4.62. The van der Waals surface area contributed by atoms with Gasteiger partial charge in [-0.1, -0.05) is 395 Å². The molecule has 0 aliphatic rings. The second-order valence-corrected chi connectivity index (χ2v) is 30.1. The second-order valence-electron chi connectivity index (χ2n) is 28.7. The second kappa shape index (κ2) is 73.2. The fourth-order valence-corrected chi connectivity index (χ4v) is 13.0. The number of unbranched alkanes of at least 4 members (excludes halogenated alkanes) is 52. The molecule has 3 unspecified atom stereocenters. The lowest BCUT2D eigenvalue weighted by Gasteiger charge is -2.29. The lowest BCUT2D eigenvalue weighted by molar-refractivity contribution is -0.870. The highest BCUT2D eigenvalue weighted by atomic mass is 31.2. The molecule has 0 spiro atoms. The summed E-state index contributed by atoms with van der Waals surface area (Å²) in [6.07, 6.45) is 104. The van der Waals surface area contributed by atoms with Crippen molar-refractivity contribution in [2.24, 2.45) is 0 Å². The van der Waals surface area contributed by atoms with E-state index in [9.17, 15) is 19.4 Å². The monoisotopic (exact) mass is 1310 g/mol. The van der Waals surface area contributed by atoms with E-state index in [0.717, 1.165) is 64.2 Å². The highest BCUT2D eigenvalue weighted by molar-refractivity contribution is 7.45. The van der Waals surface area contributed by atoms with Crippen molar-refractivity contribution in [2.75, 3.05) is 40.9 Å². The number of hydrogen-bond donors (Lipinski definition) is 2. The van der Waals surface area contributed by atoms with Crippen LogP contribution in [0.2, 0.25) is 0 Å². The summed E-state index contributed by atoms with van der Waals surface area (Å²) in [6.45, 7) is 4.57. The van der Waals surface area contributed by atoms with Crippen LogP contribution >= 0.6 is 7.82 Å². The van der Waals surface area contributed by atoms with Crippen molar-refractivity contribution in [1.29, 1.82) is 0 Å². The number of aliphatic hydroxyl groups excluding tert-OH is 1. The standard InChI is InChI=1S/C83H157N2O6P/c1-6-8-10-12-14-16-18-20-22-24-26-28-30-32-34-36-38-39-40-41-42-43-44-45-47-49-51-53-55-57-59-61-63-65-67-69-71-73-75-77-83(87)84-81(80-91-92(88,89)90-79-78-85(3,4)5)82(86)76-74-72-70-68-66-64-62-60-58-56-54-52-50-48-46-37-35-33-31-29-27-25-23-21-19-17-15-13-11-9-7-2/h8,10,14,16,20,22,26,28,66,68,74,76,81-82,86H,6-7,9,11-13,15,17-19,21,23-25,27,29-65,67,69-73,75,77-80H2,1-5H3,(H-,84,87,88,89)/b10-8-,16-14-,22-20-,28-26-,68-66+,76-74+. The Bertz CT molecular complexity index is 1730. The Morgan fingerprint density at radius 3 is 1.01 bits per heavy atom. The third kappa shape index (κ3) is 75.3. The van der Waals surface area contributed by atoms with Crippen LogP contribution in [0, 0.1) is 0 Å². The lowest BCUT2D eigenvalue weighted by Crippen LogP contribution is -2.45. The summed E-state index contributed by atoms with van der Waals surface area (Å²) >= 11 is 0. The Morgan fingerprint density at radius 1 is 0.391 bits per heavy atom. The number of amides is 1. The maximum Gasteiger partial charge on any atom is 0.268 e. The molecule has 0 aromatic heterocycles. The summed E-state index contributed by atoms with van der Waals surface area (Å²) in [4.78, 5) is 25.7. The molecule has 3 atom stereocenters.